The van der Waals surface area contributed by atoms with Crippen LogP contribution in [-0.2, 0) is 0 Å². The van der Waals surface area contributed by atoms with Crippen molar-refractivity contribution >= 4 is 35.1 Å². The van der Waals surface area contributed by atoms with Crippen LogP contribution in [-0.4, -0.2) is 27.8 Å². The van der Waals surface area contributed by atoms with Crippen molar-refractivity contribution in [2.75, 3.05) is 17.7 Å². The van der Waals surface area contributed by atoms with Crippen molar-refractivity contribution in [1.29, 1.82) is 0 Å². The summed E-state index contributed by atoms with van der Waals surface area (Å²) < 4.78 is 21.6. The number of carbonyl (C=O) groups excluding carboxylic acids is 1. The van der Waals surface area contributed by atoms with Crippen LogP contribution >= 0.6 is 11.6 Å². The number of halogens is 2. The fourth-order valence-corrected chi connectivity index (χ4v) is 4.14. The number of methoxy groups -OCH3 is 1. The molecule has 2 N–H and O–H groups in total. The number of allylic oxidation sites excluding steroid dienone is 1. The van der Waals surface area contributed by atoms with E-state index < -0.39 is 11.9 Å². The molecule has 3 aromatic carbocycles. The number of nitrogens with one attached hydrogen (secondary N) is 2. The number of aromatic nitrogens is 3. The minimum Gasteiger partial charge on any atom is -0.497 e. The van der Waals surface area contributed by atoms with Gasteiger partial charge in [0.1, 0.15) is 17.6 Å². The van der Waals surface area contributed by atoms with Crippen molar-refractivity contribution in [3.63, 3.8) is 0 Å². The van der Waals surface area contributed by atoms with E-state index in [1.165, 1.54) is 10.7 Å². The van der Waals surface area contributed by atoms with Crippen molar-refractivity contribution in [3.05, 3.63) is 106 Å². The summed E-state index contributed by atoms with van der Waals surface area (Å²) in [4.78, 5) is 17.2. The maximum absolute atomic E-state index is 14.9. The Labute approximate surface area is 206 Å². The van der Waals surface area contributed by atoms with Crippen LogP contribution in [0.4, 0.5) is 16.3 Å². The number of amides is 1. The van der Waals surface area contributed by atoms with Gasteiger partial charge in [-0.05, 0) is 55.0 Å². The zero-order valence-electron chi connectivity index (χ0n) is 18.9. The normalized spacial score (nSPS) is 14.5. The molecule has 1 aliphatic rings. The standard InChI is InChI=1S/C26H21ClFN5O2/c1-15-6-8-16(9-7-15)21-14-22(23-19(27)4-3-5-20(23)28)33-26(29-21)31-25(32-33)30-24(34)17-10-12-18(35-2)13-11-17/h3-14,22H,1-2H3,(H2,29,30,31,32,34)/t22-/m0/s1. The first-order chi connectivity index (χ1) is 16.9. The number of nitrogens with zero attached hydrogens (tertiary/aromatic N) is 3. The molecule has 1 aliphatic heterocycles. The number of fused-ring (bicyclic) bond motifs is 1. The second-order valence-corrected chi connectivity index (χ2v) is 8.44. The Morgan fingerprint density at radius 3 is 2.54 bits per heavy atom. The highest BCUT2D eigenvalue weighted by molar-refractivity contribution is 6.31. The molecule has 0 spiro atoms. The highest BCUT2D eigenvalue weighted by atomic mass is 35.5. The average Bonchev–Trinajstić information content (AvgIpc) is 3.26. The quantitative estimate of drug-likeness (QED) is 0.376. The van der Waals surface area contributed by atoms with Gasteiger partial charge < -0.3 is 10.1 Å². The van der Waals surface area contributed by atoms with Gasteiger partial charge >= 0.3 is 0 Å². The summed E-state index contributed by atoms with van der Waals surface area (Å²) in [6.45, 7) is 2.00. The van der Waals surface area contributed by atoms with E-state index in [1.54, 1.807) is 43.5 Å². The molecule has 2 heterocycles. The van der Waals surface area contributed by atoms with Crippen LogP contribution < -0.4 is 15.4 Å². The first-order valence-corrected chi connectivity index (χ1v) is 11.2. The molecule has 7 nitrogen and oxygen atoms in total. The molecule has 0 saturated carbocycles. The van der Waals surface area contributed by atoms with Crippen LogP contribution in [0.15, 0.2) is 72.8 Å². The predicted octanol–water partition coefficient (Wildman–Crippen LogP) is 5.70. The average molecular weight is 490 g/mol. The molecule has 0 fully saturated rings. The van der Waals surface area contributed by atoms with Gasteiger partial charge in [0.15, 0.2) is 0 Å². The van der Waals surface area contributed by atoms with Crippen molar-refractivity contribution in [2.24, 2.45) is 0 Å². The monoisotopic (exact) mass is 489 g/mol. The molecule has 1 amide bonds. The topological polar surface area (TPSA) is 81.1 Å². The van der Waals surface area contributed by atoms with Gasteiger partial charge in [0.05, 0.1) is 7.11 Å². The van der Waals surface area contributed by atoms with Gasteiger partial charge in [-0.2, -0.15) is 4.98 Å². The van der Waals surface area contributed by atoms with Gasteiger partial charge in [0, 0.05) is 21.8 Å². The van der Waals surface area contributed by atoms with E-state index in [0.29, 0.717) is 17.3 Å². The Kier molecular flexibility index (Phi) is 5.96. The maximum atomic E-state index is 14.9. The number of aryl methyl sites for hydroxylation is 1. The number of rotatable bonds is 5. The highest BCUT2D eigenvalue weighted by Gasteiger charge is 2.29. The first-order valence-electron chi connectivity index (χ1n) is 10.8. The Bertz CT molecular complexity index is 1410. The lowest BCUT2D eigenvalue weighted by Crippen LogP contribution is -2.21. The first kappa shape index (κ1) is 22.6. The third kappa shape index (κ3) is 4.48. The third-order valence-electron chi connectivity index (χ3n) is 5.70. The minimum absolute atomic E-state index is 0.0735. The molecule has 0 saturated heterocycles. The SMILES string of the molecule is COc1ccc(C(=O)Nc2nc3n(n2)[C@H](c2c(F)cccc2Cl)C=C(c2ccc(C)cc2)N3)cc1. The zero-order valence-corrected chi connectivity index (χ0v) is 19.7. The second kappa shape index (κ2) is 9.23. The highest BCUT2D eigenvalue weighted by Crippen LogP contribution is 2.37. The smallest absolute Gasteiger partial charge is 0.258 e. The molecule has 0 unspecified atom stereocenters. The molecule has 0 radical (unpaired) electrons. The van der Waals surface area contributed by atoms with Crippen LogP contribution in [0, 0.1) is 12.7 Å². The molecular weight excluding hydrogens is 469 g/mol. The van der Waals surface area contributed by atoms with Crippen molar-refractivity contribution in [2.45, 2.75) is 13.0 Å². The van der Waals surface area contributed by atoms with Gasteiger partial charge in [0.2, 0.25) is 5.95 Å². The molecule has 35 heavy (non-hydrogen) atoms. The van der Waals surface area contributed by atoms with E-state index in [-0.39, 0.29) is 22.4 Å². The molecule has 0 bridgehead atoms. The number of hydrogen-bond acceptors (Lipinski definition) is 5. The van der Waals surface area contributed by atoms with E-state index in [4.69, 9.17) is 16.3 Å². The molecule has 4 aromatic rings. The zero-order chi connectivity index (χ0) is 24.5. The lowest BCUT2D eigenvalue weighted by molar-refractivity contribution is 0.102. The van der Waals surface area contributed by atoms with Gasteiger partial charge in [-0.3, -0.25) is 10.1 Å². The maximum Gasteiger partial charge on any atom is 0.258 e. The van der Waals surface area contributed by atoms with Crippen LogP contribution in [0.25, 0.3) is 5.70 Å². The Hall–Kier alpha value is -4.17. The van der Waals surface area contributed by atoms with Crippen LogP contribution in [0.5, 0.6) is 5.75 Å². The minimum atomic E-state index is -0.685. The Balaban J connectivity index is 1.52. The largest absolute Gasteiger partial charge is 0.497 e. The molecule has 1 aromatic heterocycles. The Morgan fingerprint density at radius 2 is 1.86 bits per heavy atom. The van der Waals surface area contributed by atoms with Crippen molar-refractivity contribution in [1.82, 2.24) is 14.8 Å². The Morgan fingerprint density at radius 1 is 1.11 bits per heavy atom. The van der Waals surface area contributed by atoms with Crippen molar-refractivity contribution in [3.8, 4) is 5.75 Å². The van der Waals surface area contributed by atoms with Crippen LogP contribution in [0.1, 0.15) is 33.1 Å². The lowest BCUT2D eigenvalue weighted by Gasteiger charge is -2.25. The third-order valence-corrected chi connectivity index (χ3v) is 6.03. The van der Waals surface area contributed by atoms with Crippen molar-refractivity contribution < 1.29 is 13.9 Å². The lowest BCUT2D eigenvalue weighted by atomic mass is 10.0. The van der Waals surface area contributed by atoms with Crippen LogP contribution in [0.2, 0.25) is 5.02 Å². The van der Waals surface area contributed by atoms with E-state index in [0.717, 1.165) is 16.8 Å². The van der Waals surface area contributed by atoms with Gasteiger partial charge in [-0.1, -0.05) is 47.5 Å². The fraction of sp³-hybridized carbons (Fsp3) is 0.115. The number of ether oxygens (including phenoxy) is 1. The van der Waals surface area contributed by atoms with E-state index in [9.17, 15) is 9.18 Å². The summed E-state index contributed by atoms with van der Waals surface area (Å²) in [5.41, 5.74) is 3.41. The molecule has 5 rings (SSSR count). The number of anilines is 2. The summed E-state index contributed by atoms with van der Waals surface area (Å²) in [6, 6.07) is 18.4. The summed E-state index contributed by atoms with van der Waals surface area (Å²) >= 11 is 6.41. The second-order valence-electron chi connectivity index (χ2n) is 8.04. The molecular formula is C26H21ClFN5O2. The fourth-order valence-electron chi connectivity index (χ4n) is 3.86. The summed E-state index contributed by atoms with van der Waals surface area (Å²) in [5, 5.41) is 10.7. The molecule has 176 valence electrons. The van der Waals surface area contributed by atoms with Gasteiger partial charge in [-0.25, -0.2) is 9.07 Å². The molecule has 0 aliphatic carbocycles. The van der Waals surface area contributed by atoms with E-state index in [1.807, 2.05) is 37.3 Å². The number of benzene rings is 3. The summed E-state index contributed by atoms with van der Waals surface area (Å²) in [5.74, 6) is 0.208. The molecule has 9 heteroatoms. The summed E-state index contributed by atoms with van der Waals surface area (Å²) in [6.07, 6.45) is 1.84. The predicted molar refractivity (Wildman–Crippen MR) is 133 cm³/mol. The van der Waals surface area contributed by atoms with Crippen LogP contribution in [0.3, 0.4) is 0 Å². The number of carbonyl (C=O) groups is 1. The summed E-state index contributed by atoms with van der Waals surface area (Å²) in [7, 11) is 1.55. The van der Waals surface area contributed by atoms with Gasteiger partial charge in [0.25, 0.3) is 11.9 Å². The van der Waals surface area contributed by atoms with E-state index >= 15 is 0 Å². The van der Waals surface area contributed by atoms with Gasteiger partial charge in [-0.15, -0.1) is 5.10 Å². The molecule has 1 atom stereocenters. The number of hydrogen-bond donors (Lipinski definition) is 2. The van der Waals surface area contributed by atoms with E-state index in [2.05, 4.69) is 20.7 Å².